The topological polar surface area (TPSA) is 78.6 Å². The monoisotopic (exact) mass is 330 g/mol. The average Bonchev–Trinajstić information content (AvgIpc) is 3.17. The van der Waals surface area contributed by atoms with Crippen LogP contribution in [0.15, 0.2) is 29.0 Å². The highest BCUT2D eigenvalue weighted by Gasteiger charge is 2.25. The van der Waals surface area contributed by atoms with Gasteiger partial charge in [0.2, 0.25) is 5.95 Å². The Balaban J connectivity index is 1.64. The van der Waals surface area contributed by atoms with Crippen molar-refractivity contribution in [3.8, 4) is 0 Å². The van der Waals surface area contributed by atoms with Crippen molar-refractivity contribution in [2.45, 2.75) is 13.8 Å². The highest BCUT2D eigenvalue weighted by atomic mass is 16.3. The summed E-state index contributed by atoms with van der Waals surface area (Å²) >= 11 is 0. The number of hydrogen-bond donors (Lipinski definition) is 0. The first-order chi connectivity index (χ1) is 11.7. The Morgan fingerprint density at radius 3 is 2.62 bits per heavy atom. The summed E-state index contributed by atoms with van der Waals surface area (Å²) in [7, 11) is 0. The molecule has 0 aromatic carbocycles. The molecule has 0 spiro atoms. The van der Waals surface area contributed by atoms with Crippen molar-refractivity contribution in [1.29, 1.82) is 0 Å². The summed E-state index contributed by atoms with van der Waals surface area (Å²) in [5.74, 6) is 1.75. The minimum absolute atomic E-state index is 0.0735. The first-order valence-corrected chi connectivity index (χ1v) is 8.25. The summed E-state index contributed by atoms with van der Waals surface area (Å²) in [6.45, 7) is 8.50. The molecule has 0 unspecified atom stereocenters. The van der Waals surface area contributed by atoms with Crippen LogP contribution >= 0.6 is 0 Å². The van der Waals surface area contributed by atoms with E-state index in [0.29, 0.717) is 37.9 Å². The zero-order valence-electron chi connectivity index (χ0n) is 14.1. The number of hydrogen-bond acceptors (Lipinski definition) is 7. The van der Waals surface area contributed by atoms with Gasteiger partial charge in [-0.15, -0.1) is 5.10 Å². The van der Waals surface area contributed by atoms with Crippen LogP contribution in [0, 0.1) is 0 Å². The quantitative estimate of drug-likeness (QED) is 0.817. The van der Waals surface area contributed by atoms with Crippen LogP contribution in [0.4, 0.5) is 11.8 Å². The number of amides is 1. The maximum Gasteiger partial charge on any atom is 0.289 e. The summed E-state index contributed by atoms with van der Waals surface area (Å²) < 4.78 is 5.18. The molecule has 0 N–H and O–H groups in total. The van der Waals surface area contributed by atoms with Crippen molar-refractivity contribution in [3.63, 3.8) is 0 Å². The van der Waals surface area contributed by atoms with E-state index >= 15 is 0 Å². The molecule has 8 nitrogen and oxygen atoms in total. The fraction of sp³-hybridized carbons (Fsp3) is 0.500. The van der Waals surface area contributed by atoms with Crippen molar-refractivity contribution in [2.24, 2.45) is 0 Å². The number of nitrogens with zero attached hydrogens (tertiary/aromatic N) is 6. The number of aromatic nitrogens is 3. The molecule has 128 valence electrons. The van der Waals surface area contributed by atoms with Crippen LogP contribution < -0.4 is 9.80 Å². The van der Waals surface area contributed by atoms with Crippen LogP contribution in [0.1, 0.15) is 24.4 Å². The zero-order chi connectivity index (χ0) is 16.9. The van der Waals surface area contributed by atoms with Crippen molar-refractivity contribution < 1.29 is 9.21 Å². The van der Waals surface area contributed by atoms with Crippen molar-refractivity contribution in [3.05, 3.63) is 30.4 Å². The van der Waals surface area contributed by atoms with Crippen LogP contribution in [0.2, 0.25) is 0 Å². The molecule has 0 radical (unpaired) electrons. The van der Waals surface area contributed by atoms with Gasteiger partial charge in [-0.25, -0.2) is 0 Å². The maximum atomic E-state index is 12.3. The van der Waals surface area contributed by atoms with Gasteiger partial charge >= 0.3 is 0 Å². The van der Waals surface area contributed by atoms with E-state index in [1.165, 1.54) is 6.26 Å². The lowest BCUT2D eigenvalue weighted by atomic mass is 10.3. The van der Waals surface area contributed by atoms with E-state index in [1.54, 1.807) is 23.2 Å². The smallest absolute Gasteiger partial charge is 0.289 e. The number of carbonyl (C=O) groups is 1. The third kappa shape index (κ3) is 3.32. The van der Waals surface area contributed by atoms with Crippen LogP contribution in [0.3, 0.4) is 0 Å². The predicted molar refractivity (Wildman–Crippen MR) is 90.2 cm³/mol. The minimum Gasteiger partial charge on any atom is -0.459 e. The first-order valence-electron chi connectivity index (χ1n) is 8.25. The third-order valence-electron chi connectivity index (χ3n) is 4.20. The number of carbonyl (C=O) groups excluding carboxylic acids is 1. The molecule has 1 saturated heterocycles. The molecule has 24 heavy (non-hydrogen) atoms. The Hall–Kier alpha value is -2.64. The van der Waals surface area contributed by atoms with Crippen LogP contribution in [-0.4, -0.2) is 65.3 Å². The van der Waals surface area contributed by atoms with Gasteiger partial charge in [-0.2, -0.15) is 10.1 Å². The second-order valence-corrected chi connectivity index (χ2v) is 5.54. The van der Waals surface area contributed by atoms with E-state index in [9.17, 15) is 4.79 Å². The lowest BCUT2D eigenvalue weighted by Crippen LogP contribution is -2.49. The lowest BCUT2D eigenvalue weighted by Gasteiger charge is -2.34. The second kappa shape index (κ2) is 7.29. The largest absolute Gasteiger partial charge is 0.459 e. The van der Waals surface area contributed by atoms with Crippen LogP contribution in [0.5, 0.6) is 0 Å². The molecule has 0 bridgehead atoms. The summed E-state index contributed by atoms with van der Waals surface area (Å²) in [6, 6.07) is 3.41. The van der Waals surface area contributed by atoms with Crippen LogP contribution in [-0.2, 0) is 0 Å². The molecule has 8 heteroatoms. The standard InChI is InChI=1S/C16H22N6O2/c1-3-20(4-2)14-12-17-19-16(18-14)22-9-7-21(8-10-22)15(23)13-6-5-11-24-13/h5-6,11-12H,3-4,7-10H2,1-2H3. The Morgan fingerprint density at radius 2 is 2.00 bits per heavy atom. The zero-order valence-corrected chi connectivity index (χ0v) is 14.1. The predicted octanol–water partition coefficient (Wildman–Crippen LogP) is 1.27. The van der Waals surface area contributed by atoms with E-state index in [0.717, 1.165) is 18.9 Å². The number of piperazine rings is 1. The molecule has 0 aliphatic carbocycles. The number of rotatable bonds is 5. The maximum absolute atomic E-state index is 12.3. The van der Waals surface area contributed by atoms with E-state index in [-0.39, 0.29) is 5.91 Å². The summed E-state index contributed by atoms with van der Waals surface area (Å²) in [6.07, 6.45) is 3.20. The number of anilines is 2. The molecule has 0 atom stereocenters. The molecule has 3 heterocycles. The summed E-state index contributed by atoms with van der Waals surface area (Å²) in [5.41, 5.74) is 0. The molecule has 3 rings (SSSR count). The molecule has 0 saturated carbocycles. The van der Waals surface area contributed by atoms with Gasteiger partial charge in [-0.3, -0.25) is 4.79 Å². The van der Waals surface area contributed by atoms with E-state index in [1.807, 2.05) is 0 Å². The second-order valence-electron chi connectivity index (χ2n) is 5.54. The lowest BCUT2D eigenvalue weighted by molar-refractivity contribution is 0.0714. The Labute approximate surface area is 141 Å². The van der Waals surface area contributed by atoms with Gasteiger partial charge in [0, 0.05) is 39.3 Å². The first kappa shape index (κ1) is 16.2. The average molecular weight is 330 g/mol. The van der Waals surface area contributed by atoms with Gasteiger partial charge in [-0.1, -0.05) is 0 Å². The normalized spacial score (nSPS) is 14.8. The van der Waals surface area contributed by atoms with E-state index < -0.39 is 0 Å². The van der Waals surface area contributed by atoms with E-state index in [2.05, 4.69) is 38.8 Å². The van der Waals surface area contributed by atoms with Crippen molar-refractivity contribution in [1.82, 2.24) is 20.1 Å². The number of furan rings is 1. The van der Waals surface area contributed by atoms with Crippen LogP contribution in [0.25, 0.3) is 0 Å². The highest BCUT2D eigenvalue weighted by Crippen LogP contribution is 2.16. The van der Waals surface area contributed by atoms with Crippen molar-refractivity contribution in [2.75, 3.05) is 49.1 Å². The summed E-state index contributed by atoms with van der Waals surface area (Å²) in [4.78, 5) is 22.9. The van der Waals surface area contributed by atoms with Gasteiger partial charge in [0.25, 0.3) is 5.91 Å². The molecule has 2 aromatic heterocycles. The fourth-order valence-corrected chi connectivity index (χ4v) is 2.79. The molecule has 1 fully saturated rings. The molecule has 2 aromatic rings. The Kier molecular flexibility index (Phi) is 4.93. The van der Waals surface area contributed by atoms with Gasteiger partial charge in [-0.05, 0) is 26.0 Å². The van der Waals surface area contributed by atoms with E-state index in [4.69, 9.17) is 4.42 Å². The van der Waals surface area contributed by atoms with Gasteiger partial charge in [0.1, 0.15) is 0 Å². The Morgan fingerprint density at radius 1 is 1.25 bits per heavy atom. The van der Waals surface area contributed by atoms with Gasteiger partial charge in [0.05, 0.1) is 12.5 Å². The van der Waals surface area contributed by atoms with Gasteiger partial charge in [0.15, 0.2) is 11.6 Å². The molecule has 1 aliphatic heterocycles. The fourth-order valence-electron chi connectivity index (χ4n) is 2.79. The molecular weight excluding hydrogens is 308 g/mol. The third-order valence-corrected chi connectivity index (χ3v) is 4.20. The van der Waals surface area contributed by atoms with Gasteiger partial charge < -0.3 is 19.1 Å². The summed E-state index contributed by atoms with van der Waals surface area (Å²) in [5, 5.41) is 8.23. The SMILES string of the molecule is CCN(CC)c1cnnc(N2CCN(C(=O)c3ccco3)CC2)n1. The highest BCUT2D eigenvalue weighted by molar-refractivity contribution is 5.91. The minimum atomic E-state index is -0.0735. The Bertz CT molecular complexity index is 663. The van der Waals surface area contributed by atoms with Crippen molar-refractivity contribution >= 4 is 17.7 Å². The molecule has 1 amide bonds. The molecular formula is C16H22N6O2. The molecule has 1 aliphatic rings.